The fourth-order valence-electron chi connectivity index (χ4n) is 2.40. The van der Waals surface area contributed by atoms with E-state index in [4.69, 9.17) is 9.47 Å². The standard InChI is InChI=1S/C21H31NO4/c1-7-16(2)18(13-14-19(23)26-21(3,4)5)22(6)20(24)25-15-17-11-9-8-10-12-17/h8-14,16,18H,7,15H2,1-6H3/b14-13+/t16-,18+/m0/s1. The SMILES string of the molecule is CC[C@H](C)[C@@H](/C=C/C(=O)OC(C)(C)C)N(C)C(=O)OCc1ccccc1. The summed E-state index contributed by atoms with van der Waals surface area (Å²) in [5.74, 6) is -0.250. The summed E-state index contributed by atoms with van der Waals surface area (Å²) in [5, 5.41) is 0. The minimum Gasteiger partial charge on any atom is -0.457 e. The summed E-state index contributed by atoms with van der Waals surface area (Å²) < 4.78 is 10.7. The Morgan fingerprint density at radius 3 is 2.35 bits per heavy atom. The highest BCUT2D eigenvalue weighted by Crippen LogP contribution is 2.17. The predicted octanol–water partition coefficient (Wildman–Crippen LogP) is 4.57. The zero-order chi connectivity index (χ0) is 19.7. The average Bonchev–Trinajstić information content (AvgIpc) is 2.58. The Morgan fingerprint density at radius 2 is 1.81 bits per heavy atom. The van der Waals surface area contributed by atoms with E-state index in [2.05, 4.69) is 0 Å². The van der Waals surface area contributed by atoms with Crippen molar-refractivity contribution in [1.29, 1.82) is 0 Å². The molecule has 0 N–H and O–H groups in total. The number of amides is 1. The molecule has 0 unspecified atom stereocenters. The summed E-state index contributed by atoms with van der Waals surface area (Å²) in [6, 6.07) is 9.27. The summed E-state index contributed by atoms with van der Waals surface area (Å²) in [4.78, 5) is 25.9. The van der Waals surface area contributed by atoms with Crippen LogP contribution in [-0.4, -0.2) is 35.7 Å². The van der Waals surface area contributed by atoms with Crippen LogP contribution in [-0.2, 0) is 20.9 Å². The largest absolute Gasteiger partial charge is 0.457 e. The fraction of sp³-hybridized carbons (Fsp3) is 0.524. The number of rotatable bonds is 7. The molecule has 0 aliphatic heterocycles. The minimum absolute atomic E-state index is 0.169. The first kappa shape index (κ1) is 21.7. The lowest BCUT2D eigenvalue weighted by atomic mass is 9.97. The van der Waals surface area contributed by atoms with E-state index in [1.807, 2.05) is 65.0 Å². The van der Waals surface area contributed by atoms with Crippen molar-refractivity contribution >= 4 is 12.1 Å². The van der Waals surface area contributed by atoms with Crippen LogP contribution in [0.3, 0.4) is 0 Å². The van der Waals surface area contributed by atoms with Crippen molar-refractivity contribution in [2.45, 2.75) is 59.3 Å². The molecule has 1 aromatic carbocycles. The number of carbonyl (C=O) groups is 2. The lowest BCUT2D eigenvalue weighted by molar-refractivity contribution is -0.148. The molecule has 0 saturated heterocycles. The van der Waals surface area contributed by atoms with Crippen molar-refractivity contribution in [2.24, 2.45) is 5.92 Å². The maximum Gasteiger partial charge on any atom is 0.410 e. The predicted molar refractivity (Wildman–Crippen MR) is 103 cm³/mol. The van der Waals surface area contributed by atoms with Crippen LogP contribution in [0.15, 0.2) is 42.5 Å². The lowest BCUT2D eigenvalue weighted by Crippen LogP contribution is -2.40. The molecule has 26 heavy (non-hydrogen) atoms. The van der Waals surface area contributed by atoms with Gasteiger partial charge in [0.15, 0.2) is 0 Å². The van der Waals surface area contributed by atoms with Crippen molar-refractivity contribution in [3.8, 4) is 0 Å². The van der Waals surface area contributed by atoms with Crippen molar-refractivity contribution in [2.75, 3.05) is 7.05 Å². The monoisotopic (exact) mass is 361 g/mol. The zero-order valence-corrected chi connectivity index (χ0v) is 16.7. The van der Waals surface area contributed by atoms with Gasteiger partial charge in [-0.15, -0.1) is 0 Å². The van der Waals surface area contributed by atoms with E-state index in [0.717, 1.165) is 12.0 Å². The second-order valence-electron chi connectivity index (χ2n) is 7.42. The molecule has 0 aliphatic rings. The Morgan fingerprint density at radius 1 is 1.19 bits per heavy atom. The molecule has 0 fully saturated rings. The van der Waals surface area contributed by atoms with Gasteiger partial charge in [0.1, 0.15) is 12.2 Å². The molecule has 0 spiro atoms. The van der Waals surface area contributed by atoms with Crippen LogP contribution in [0, 0.1) is 5.92 Å². The topological polar surface area (TPSA) is 55.8 Å². The van der Waals surface area contributed by atoms with E-state index in [0.29, 0.717) is 0 Å². The molecule has 0 saturated carbocycles. The van der Waals surface area contributed by atoms with Crippen molar-refractivity contribution < 1.29 is 19.1 Å². The zero-order valence-electron chi connectivity index (χ0n) is 16.7. The molecule has 1 aromatic rings. The number of hydrogen-bond acceptors (Lipinski definition) is 4. The molecular weight excluding hydrogens is 330 g/mol. The average molecular weight is 361 g/mol. The van der Waals surface area contributed by atoms with Crippen molar-refractivity contribution in [1.82, 2.24) is 4.90 Å². The Hall–Kier alpha value is -2.30. The number of nitrogens with zero attached hydrogens (tertiary/aromatic N) is 1. The van der Waals surface area contributed by atoms with Crippen LogP contribution in [0.2, 0.25) is 0 Å². The summed E-state index contributed by atoms with van der Waals surface area (Å²) in [5.41, 5.74) is 0.381. The third kappa shape index (κ3) is 7.72. The summed E-state index contributed by atoms with van der Waals surface area (Å²) in [7, 11) is 1.68. The van der Waals surface area contributed by atoms with Gasteiger partial charge in [0.2, 0.25) is 0 Å². The highest BCUT2D eigenvalue weighted by Gasteiger charge is 2.24. The van der Waals surface area contributed by atoms with Crippen molar-refractivity contribution in [3.63, 3.8) is 0 Å². The Kier molecular flexibility index (Phi) is 8.36. The molecular formula is C21H31NO4. The molecule has 144 valence electrons. The van der Waals surface area contributed by atoms with Gasteiger partial charge < -0.3 is 14.4 Å². The van der Waals surface area contributed by atoms with E-state index in [-0.39, 0.29) is 18.6 Å². The van der Waals surface area contributed by atoms with Crippen LogP contribution in [0.5, 0.6) is 0 Å². The Labute approximate surface area is 157 Å². The van der Waals surface area contributed by atoms with Crippen LogP contribution in [0.4, 0.5) is 4.79 Å². The van der Waals surface area contributed by atoms with E-state index in [9.17, 15) is 9.59 Å². The highest BCUT2D eigenvalue weighted by atomic mass is 16.6. The molecule has 0 aliphatic carbocycles. The normalized spacial score (nSPS) is 13.9. The molecule has 0 aromatic heterocycles. The first-order chi connectivity index (χ1) is 12.1. The number of benzene rings is 1. The first-order valence-electron chi connectivity index (χ1n) is 8.98. The van der Waals surface area contributed by atoms with Gasteiger partial charge in [-0.3, -0.25) is 0 Å². The van der Waals surface area contributed by atoms with Crippen LogP contribution >= 0.6 is 0 Å². The quantitative estimate of drug-likeness (QED) is 0.527. The second-order valence-corrected chi connectivity index (χ2v) is 7.42. The van der Waals surface area contributed by atoms with Gasteiger partial charge in [-0.1, -0.05) is 56.7 Å². The van der Waals surface area contributed by atoms with Gasteiger partial charge in [0.25, 0.3) is 0 Å². The fourth-order valence-corrected chi connectivity index (χ4v) is 2.40. The maximum absolute atomic E-state index is 12.4. The second kappa shape index (κ2) is 10.00. The lowest BCUT2D eigenvalue weighted by Gasteiger charge is -2.29. The third-order valence-electron chi connectivity index (χ3n) is 4.00. The minimum atomic E-state index is -0.548. The maximum atomic E-state index is 12.4. The van der Waals surface area contributed by atoms with Crippen LogP contribution < -0.4 is 0 Å². The molecule has 0 bridgehead atoms. The van der Waals surface area contributed by atoms with Gasteiger partial charge in [-0.2, -0.15) is 0 Å². The molecule has 2 atom stereocenters. The van der Waals surface area contributed by atoms with E-state index in [1.54, 1.807) is 13.1 Å². The molecule has 1 rings (SSSR count). The third-order valence-corrected chi connectivity index (χ3v) is 4.00. The van der Waals surface area contributed by atoms with Crippen LogP contribution in [0.1, 0.15) is 46.6 Å². The number of likely N-dealkylation sites (N-methyl/N-ethyl adjacent to an activating group) is 1. The smallest absolute Gasteiger partial charge is 0.410 e. The number of hydrogen-bond donors (Lipinski definition) is 0. The van der Waals surface area contributed by atoms with Gasteiger partial charge in [-0.25, -0.2) is 9.59 Å². The first-order valence-corrected chi connectivity index (χ1v) is 8.98. The highest BCUT2D eigenvalue weighted by molar-refractivity contribution is 5.82. The summed E-state index contributed by atoms with van der Waals surface area (Å²) in [6.45, 7) is 9.74. The summed E-state index contributed by atoms with van der Waals surface area (Å²) >= 11 is 0. The Balaban J connectivity index is 2.74. The van der Waals surface area contributed by atoms with Gasteiger partial charge in [-0.05, 0) is 32.3 Å². The Bertz CT molecular complexity index is 604. The number of ether oxygens (including phenoxy) is 2. The molecule has 0 radical (unpaired) electrons. The van der Waals surface area contributed by atoms with E-state index in [1.165, 1.54) is 11.0 Å². The van der Waals surface area contributed by atoms with Crippen molar-refractivity contribution in [3.05, 3.63) is 48.0 Å². The number of carbonyl (C=O) groups excluding carboxylic acids is 2. The molecule has 5 heteroatoms. The molecule has 1 amide bonds. The number of esters is 1. The van der Waals surface area contributed by atoms with E-state index >= 15 is 0 Å². The van der Waals surface area contributed by atoms with Gasteiger partial charge >= 0.3 is 12.1 Å². The molecule has 5 nitrogen and oxygen atoms in total. The van der Waals surface area contributed by atoms with E-state index < -0.39 is 17.7 Å². The van der Waals surface area contributed by atoms with Crippen LogP contribution in [0.25, 0.3) is 0 Å². The summed E-state index contributed by atoms with van der Waals surface area (Å²) in [6.07, 6.45) is 3.54. The van der Waals surface area contributed by atoms with Gasteiger partial charge in [0.05, 0.1) is 6.04 Å². The molecule has 0 heterocycles. The van der Waals surface area contributed by atoms with Gasteiger partial charge in [0, 0.05) is 13.1 Å².